The second-order valence-electron chi connectivity index (χ2n) is 5.48. The van der Waals surface area contributed by atoms with Crippen molar-refractivity contribution >= 4 is 17.6 Å². The maximum atomic E-state index is 12.8. The normalized spacial score (nSPS) is 15.0. The van der Waals surface area contributed by atoms with Crippen LogP contribution in [-0.4, -0.2) is 40.3 Å². The molecule has 0 radical (unpaired) electrons. The van der Waals surface area contributed by atoms with E-state index in [0.717, 1.165) is 24.1 Å². The lowest BCUT2D eigenvalue weighted by molar-refractivity contribution is -0.121. The Bertz CT molecular complexity index is 727. The van der Waals surface area contributed by atoms with Crippen LogP contribution in [0.15, 0.2) is 30.9 Å². The fourth-order valence-corrected chi connectivity index (χ4v) is 2.83. The van der Waals surface area contributed by atoms with Crippen molar-refractivity contribution in [1.29, 1.82) is 0 Å². The molecule has 0 spiro atoms. The number of hydrogen-bond acceptors (Lipinski definition) is 5. The number of anilines is 1. The van der Waals surface area contributed by atoms with Crippen LogP contribution < -0.4 is 4.90 Å². The number of amides is 1. The largest absolute Gasteiger partial charge is 0.465 e. The van der Waals surface area contributed by atoms with Gasteiger partial charge in [-0.3, -0.25) is 4.79 Å². The van der Waals surface area contributed by atoms with Crippen LogP contribution in [0.2, 0.25) is 0 Å². The second-order valence-corrected chi connectivity index (χ2v) is 5.48. The molecule has 1 amide bonds. The summed E-state index contributed by atoms with van der Waals surface area (Å²) in [6.07, 6.45) is 4.64. The van der Waals surface area contributed by atoms with Crippen molar-refractivity contribution in [2.24, 2.45) is 0 Å². The van der Waals surface area contributed by atoms with Crippen molar-refractivity contribution in [3.05, 3.63) is 42.0 Å². The van der Waals surface area contributed by atoms with Crippen molar-refractivity contribution in [3.63, 3.8) is 0 Å². The number of benzene rings is 1. The van der Waals surface area contributed by atoms with Gasteiger partial charge in [0.15, 0.2) is 0 Å². The summed E-state index contributed by atoms with van der Waals surface area (Å²) < 4.78 is 6.29. The second kappa shape index (κ2) is 6.20. The van der Waals surface area contributed by atoms with Gasteiger partial charge in [-0.1, -0.05) is 0 Å². The summed E-state index contributed by atoms with van der Waals surface area (Å²) in [7, 11) is 1.36. The van der Waals surface area contributed by atoms with Gasteiger partial charge in [-0.25, -0.2) is 14.5 Å². The predicted octanol–water partition coefficient (Wildman–Crippen LogP) is 1.61. The maximum Gasteiger partial charge on any atom is 0.337 e. The predicted molar refractivity (Wildman–Crippen MR) is 83.2 cm³/mol. The Balaban J connectivity index is 1.89. The molecule has 0 saturated heterocycles. The summed E-state index contributed by atoms with van der Waals surface area (Å²) in [6.45, 7) is 2.45. The molecule has 0 N–H and O–H groups in total. The topological polar surface area (TPSA) is 77.3 Å². The van der Waals surface area contributed by atoms with E-state index in [1.165, 1.54) is 19.8 Å². The Morgan fingerprint density at radius 3 is 2.87 bits per heavy atom. The Hall–Kier alpha value is -2.70. The Kier molecular flexibility index (Phi) is 4.10. The number of fused-ring (bicyclic) bond motifs is 1. The molecule has 1 aromatic carbocycles. The van der Waals surface area contributed by atoms with Crippen molar-refractivity contribution in [2.45, 2.75) is 25.8 Å². The van der Waals surface area contributed by atoms with Crippen LogP contribution in [0, 0.1) is 0 Å². The fourth-order valence-electron chi connectivity index (χ4n) is 2.83. The van der Waals surface area contributed by atoms with E-state index in [2.05, 4.69) is 10.1 Å². The lowest BCUT2D eigenvalue weighted by Crippen LogP contribution is -2.40. The third kappa shape index (κ3) is 2.81. The number of methoxy groups -OCH3 is 1. The van der Waals surface area contributed by atoms with E-state index in [9.17, 15) is 9.59 Å². The van der Waals surface area contributed by atoms with Crippen LogP contribution in [0.4, 0.5) is 5.69 Å². The number of hydrogen-bond donors (Lipinski definition) is 0. The van der Waals surface area contributed by atoms with E-state index in [4.69, 9.17) is 4.74 Å². The summed E-state index contributed by atoms with van der Waals surface area (Å²) in [4.78, 5) is 30.1. The lowest BCUT2D eigenvalue weighted by atomic mass is 9.98. The molecule has 2 aromatic rings. The third-order valence-corrected chi connectivity index (χ3v) is 4.08. The minimum atomic E-state index is -0.427. The smallest absolute Gasteiger partial charge is 0.337 e. The molecule has 0 fully saturated rings. The highest BCUT2D eigenvalue weighted by atomic mass is 16.5. The Morgan fingerprint density at radius 2 is 2.17 bits per heavy atom. The first-order valence-electron chi connectivity index (χ1n) is 7.48. The van der Waals surface area contributed by atoms with Gasteiger partial charge in [0.25, 0.3) is 5.91 Å². The van der Waals surface area contributed by atoms with Crippen LogP contribution in [0.25, 0.3) is 0 Å². The summed E-state index contributed by atoms with van der Waals surface area (Å²) in [6, 6.07) is 4.88. The summed E-state index contributed by atoms with van der Waals surface area (Å²) in [5.41, 5.74) is 2.34. The van der Waals surface area contributed by atoms with Crippen LogP contribution in [0.3, 0.4) is 0 Å². The molecule has 1 atom stereocenters. The SMILES string of the molecule is COC(=O)c1ccc2c(c1)CCCN2C(=O)[C@@H](C)n1cncn1. The number of esters is 1. The minimum Gasteiger partial charge on any atom is -0.465 e. The highest BCUT2D eigenvalue weighted by Crippen LogP contribution is 2.30. The molecule has 3 rings (SSSR count). The molecular formula is C16H18N4O3. The van der Waals surface area contributed by atoms with Gasteiger partial charge in [0.1, 0.15) is 18.7 Å². The number of aromatic nitrogens is 3. The van der Waals surface area contributed by atoms with Gasteiger partial charge in [0.2, 0.25) is 0 Å². The molecule has 7 heteroatoms. The average molecular weight is 314 g/mol. The van der Waals surface area contributed by atoms with Crippen molar-refractivity contribution < 1.29 is 14.3 Å². The number of aryl methyl sites for hydroxylation is 1. The van der Waals surface area contributed by atoms with Gasteiger partial charge in [-0.2, -0.15) is 5.10 Å². The Morgan fingerprint density at radius 1 is 1.35 bits per heavy atom. The van der Waals surface area contributed by atoms with Gasteiger partial charge >= 0.3 is 5.97 Å². The molecular weight excluding hydrogens is 296 g/mol. The summed E-state index contributed by atoms with van der Waals surface area (Å²) in [5, 5.41) is 4.03. The molecule has 23 heavy (non-hydrogen) atoms. The molecule has 0 saturated carbocycles. The van der Waals surface area contributed by atoms with E-state index in [-0.39, 0.29) is 11.9 Å². The molecule has 1 aliphatic rings. The van der Waals surface area contributed by atoms with Gasteiger partial charge in [0, 0.05) is 12.2 Å². The van der Waals surface area contributed by atoms with Gasteiger partial charge in [0.05, 0.1) is 12.7 Å². The van der Waals surface area contributed by atoms with Gasteiger partial charge in [-0.15, -0.1) is 0 Å². The highest BCUT2D eigenvalue weighted by molar-refractivity contribution is 5.98. The summed E-state index contributed by atoms with van der Waals surface area (Å²) in [5.74, 6) is -0.408. The van der Waals surface area contributed by atoms with Crippen molar-refractivity contribution in [2.75, 3.05) is 18.6 Å². The molecule has 120 valence electrons. The molecule has 0 aliphatic carbocycles. The van der Waals surface area contributed by atoms with E-state index >= 15 is 0 Å². The Labute approximate surface area is 133 Å². The zero-order valence-corrected chi connectivity index (χ0v) is 13.1. The molecule has 2 heterocycles. The quantitative estimate of drug-likeness (QED) is 0.804. The molecule has 7 nitrogen and oxygen atoms in total. The standard InChI is InChI=1S/C16H18N4O3/c1-11(20-10-17-9-18-20)15(21)19-7-3-4-12-8-13(16(22)23-2)5-6-14(12)19/h5-6,8-11H,3-4,7H2,1-2H3/t11-/m1/s1. The number of carbonyl (C=O) groups excluding carboxylic acids is 2. The number of carbonyl (C=O) groups is 2. The number of ether oxygens (including phenoxy) is 1. The molecule has 1 aromatic heterocycles. The molecule has 0 unspecified atom stereocenters. The monoisotopic (exact) mass is 314 g/mol. The van der Waals surface area contributed by atoms with Crippen LogP contribution in [0.1, 0.15) is 35.3 Å². The van der Waals surface area contributed by atoms with E-state index in [1.807, 2.05) is 6.07 Å². The number of nitrogens with zero attached hydrogens (tertiary/aromatic N) is 4. The zero-order valence-electron chi connectivity index (χ0n) is 13.1. The molecule has 1 aliphatic heterocycles. The van der Waals surface area contributed by atoms with Gasteiger partial charge in [-0.05, 0) is 43.5 Å². The van der Waals surface area contributed by atoms with Gasteiger partial charge < -0.3 is 9.64 Å². The van der Waals surface area contributed by atoms with E-state index in [1.54, 1.807) is 28.6 Å². The maximum absolute atomic E-state index is 12.8. The first-order valence-corrected chi connectivity index (χ1v) is 7.48. The van der Waals surface area contributed by atoms with Crippen LogP contribution in [0.5, 0.6) is 0 Å². The lowest BCUT2D eigenvalue weighted by Gasteiger charge is -2.31. The zero-order chi connectivity index (χ0) is 16.4. The fraction of sp³-hybridized carbons (Fsp3) is 0.375. The average Bonchev–Trinajstić information content (AvgIpc) is 3.13. The molecule has 0 bridgehead atoms. The van der Waals surface area contributed by atoms with Crippen molar-refractivity contribution in [3.8, 4) is 0 Å². The first kappa shape index (κ1) is 15.2. The van der Waals surface area contributed by atoms with Crippen LogP contribution >= 0.6 is 0 Å². The van der Waals surface area contributed by atoms with Crippen LogP contribution in [-0.2, 0) is 16.0 Å². The third-order valence-electron chi connectivity index (χ3n) is 4.08. The number of rotatable bonds is 3. The minimum absolute atomic E-state index is 0.0396. The summed E-state index contributed by atoms with van der Waals surface area (Å²) >= 11 is 0. The first-order chi connectivity index (χ1) is 11.1. The van der Waals surface area contributed by atoms with E-state index in [0.29, 0.717) is 12.1 Å². The van der Waals surface area contributed by atoms with E-state index < -0.39 is 6.04 Å². The highest BCUT2D eigenvalue weighted by Gasteiger charge is 2.28. The van der Waals surface area contributed by atoms with Crippen molar-refractivity contribution in [1.82, 2.24) is 14.8 Å².